The number of carboxylic acids is 1. The molecule has 9 heteroatoms. The molecule has 2 fully saturated rings. The van der Waals surface area contributed by atoms with Gasteiger partial charge in [-0.3, -0.25) is 14.4 Å². The molecule has 0 saturated carbocycles. The molecule has 2 saturated heterocycles. The van der Waals surface area contributed by atoms with E-state index in [1.165, 1.54) is 11.8 Å². The van der Waals surface area contributed by atoms with E-state index in [1.54, 1.807) is 0 Å². The Balaban J connectivity index is 1.85. The zero-order valence-electron chi connectivity index (χ0n) is 16.4. The summed E-state index contributed by atoms with van der Waals surface area (Å²) in [6.45, 7) is 2.07. The molecule has 3 amide bonds. The molecule has 2 rings (SSSR count). The third kappa shape index (κ3) is 5.40. The van der Waals surface area contributed by atoms with Crippen molar-refractivity contribution in [3.05, 3.63) is 0 Å². The maximum absolute atomic E-state index is 12.5. The highest BCUT2D eigenvalue weighted by Crippen LogP contribution is 2.43. The Morgan fingerprint density at radius 2 is 2.00 bits per heavy atom. The van der Waals surface area contributed by atoms with Gasteiger partial charge in [0.05, 0.1) is 18.5 Å². The van der Waals surface area contributed by atoms with Gasteiger partial charge in [0.25, 0.3) is 0 Å². The summed E-state index contributed by atoms with van der Waals surface area (Å²) in [7, 11) is 0. The van der Waals surface area contributed by atoms with Gasteiger partial charge in [-0.15, -0.1) is 11.8 Å². The Kier molecular flexibility index (Phi) is 8.15. The summed E-state index contributed by atoms with van der Waals surface area (Å²) in [4.78, 5) is 47.3. The topological polar surface area (TPSA) is 139 Å². The van der Waals surface area contributed by atoms with Crippen LogP contribution in [0.5, 0.6) is 0 Å². The van der Waals surface area contributed by atoms with Gasteiger partial charge in [-0.1, -0.05) is 32.6 Å². The van der Waals surface area contributed by atoms with Gasteiger partial charge >= 0.3 is 12.0 Å². The van der Waals surface area contributed by atoms with Crippen LogP contribution in [0.3, 0.4) is 0 Å². The number of nitrogens with two attached hydrogens (primary N) is 1. The summed E-state index contributed by atoms with van der Waals surface area (Å²) < 4.78 is -0.853. The Morgan fingerprint density at radius 3 is 2.64 bits per heavy atom. The molecule has 0 radical (unpaired) electrons. The van der Waals surface area contributed by atoms with E-state index in [2.05, 4.69) is 17.6 Å². The van der Waals surface area contributed by atoms with Crippen LogP contribution in [0.1, 0.15) is 64.7 Å². The van der Waals surface area contributed by atoms with Crippen LogP contribution in [0.15, 0.2) is 0 Å². The molecular weight excluding hydrogens is 382 g/mol. The fourth-order valence-electron chi connectivity index (χ4n) is 4.14. The number of carbonyl (C=O) groups is 4. The molecule has 5 N–H and O–H groups in total. The fourth-order valence-corrected chi connectivity index (χ4v) is 5.72. The summed E-state index contributed by atoms with van der Waals surface area (Å²) in [5.74, 6) is -1.20. The van der Waals surface area contributed by atoms with E-state index in [9.17, 15) is 19.2 Å². The largest absolute Gasteiger partial charge is 0.481 e. The third-order valence-corrected chi connectivity index (χ3v) is 7.40. The summed E-state index contributed by atoms with van der Waals surface area (Å²) in [5.41, 5.74) is 5.68. The minimum atomic E-state index is -0.944. The van der Waals surface area contributed by atoms with Gasteiger partial charge in [0.15, 0.2) is 0 Å². The van der Waals surface area contributed by atoms with E-state index < -0.39 is 22.5 Å². The van der Waals surface area contributed by atoms with Gasteiger partial charge in [0.2, 0.25) is 5.91 Å². The number of carboxylic acid groups (broad SMARTS) is 1. The van der Waals surface area contributed by atoms with Gasteiger partial charge in [-0.05, 0) is 19.3 Å². The predicted molar refractivity (Wildman–Crippen MR) is 107 cm³/mol. The number of hydrogen-bond acceptors (Lipinski definition) is 5. The van der Waals surface area contributed by atoms with Crippen LogP contribution >= 0.6 is 11.8 Å². The van der Waals surface area contributed by atoms with Gasteiger partial charge in [-0.25, -0.2) is 4.79 Å². The Labute approximate surface area is 169 Å². The van der Waals surface area contributed by atoms with Gasteiger partial charge in [0, 0.05) is 18.1 Å². The van der Waals surface area contributed by atoms with Crippen LogP contribution in [0.2, 0.25) is 0 Å². The molecule has 4 atom stereocenters. The summed E-state index contributed by atoms with van der Waals surface area (Å²) >= 11 is 1.46. The number of amides is 3. The van der Waals surface area contributed by atoms with E-state index in [1.807, 2.05) is 0 Å². The van der Waals surface area contributed by atoms with Gasteiger partial charge < -0.3 is 21.5 Å². The van der Waals surface area contributed by atoms with Crippen molar-refractivity contribution in [3.8, 4) is 0 Å². The van der Waals surface area contributed by atoms with Crippen molar-refractivity contribution in [2.24, 2.45) is 11.7 Å². The molecule has 0 aromatic carbocycles. The van der Waals surface area contributed by atoms with Crippen molar-refractivity contribution >= 4 is 35.5 Å². The van der Waals surface area contributed by atoms with Crippen LogP contribution in [0, 0.1) is 5.92 Å². The second-order valence-electron chi connectivity index (χ2n) is 7.73. The monoisotopic (exact) mass is 413 g/mol. The highest BCUT2D eigenvalue weighted by Gasteiger charge is 2.56. The Hall–Kier alpha value is -1.77. The Morgan fingerprint density at radius 1 is 1.25 bits per heavy atom. The van der Waals surface area contributed by atoms with Crippen LogP contribution in [-0.2, 0) is 14.4 Å². The number of ketones is 1. The van der Waals surface area contributed by atoms with Crippen molar-refractivity contribution in [2.45, 2.75) is 81.5 Å². The number of Topliss-reactive ketones (excluding diaryl/α,β-unsaturated/α-hetero) is 1. The number of carbonyl (C=O) groups excluding carboxylic acids is 3. The number of primary amides is 1. The van der Waals surface area contributed by atoms with Crippen molar-refractivity contribution in [1.82, 2.24) is 10.6 Å². The quantitative estimate of drug-likeness (QED) is 0.268. The number of nitrogens with one attached hydrogen (secondary N) is 2. The van der Waals surface area contributed by atoms with Crippen LogP contribution < -0.4 is 16.4 Å². The predicted octanol–water partition coefficient (Wildman–Crippen LogP) is 1.81. The lowest BCUT2D eigenvalue weighted by Gasteiger charge is -2.30. The number of rotatable bonds is 13. The lowest BCUT2D eigenvalue weighted by Crippen LogP contribution is -2.54. The second-order valence-corrected chi connectivity index (χ2v) is 9.08. The number of urea groups is 1. The minimum Gasteiger partial charge on any atom is -0.481 e. The lowest BCUT2D eigenvalue weighted by molar-refractivity contribution is -0.140. The first-order chi connectivity index (χ1) is 13.3. The molecule has 28 heavy (non-hydrogen) atoms. The highest BCUT2D eigenvalue weighted by atomic mass is 32.2. The molecule has 2 aliphatic heterocycles. The molecule has 158 valence electrons. The maximum Gasteiger partial charge on any atom is 0.315 e. The molecule has 0 bridgehead atoms. The normalized spacial score (nSPS) is 27.0. The van der Waals surface area contributed by atoms with Gasteiger partial charge in [0.1, 0.15) is 10.5 Å². The lowest BCUT2D eigenvalue weighted by atomic mass is 9.87. The fraction of sp³-hybridized carbons (Fsp3) is 0.789. The molecule has 0 aromatic rings. The second kappa shape index (κ2) is 10.1. The summed E-state index contributed by atoms with van der Waals surface area (Å²) in [6.07, 6.45) is 5.36. The van der Waals surface area contributed by atoms with E-state index in [0.29, 0.717) is 37.9 Å². The van der Waals surface area contributed by atoms with Crippen molar-refractivity contribution in [3.63, 3.8) is 0 Å². The molecule has 0 aromatic heterocycles. The zero-order valence-corrected chi connectivity index (χ0v) is 17.2. The average Bonchev–Trinajstić information content (AvgIpc) is 3.15. The molecule has 1 unspecified atom stereocenters. The summed E-state index contributed by atoms with van der Waals surface area (Å²) in [5, 5.41) is 14.7. The van der Waals surface area contributed by atoms with Gasteiger partial charge in [-0.2, -0.15) is 0 Å². The van der Waals surface area contributed by atoms with E-state index in [-0.39, 0.29) is 30.3 Å². The smallest absolute Gasteiger partial charge is 0.315 e. The summed E-state index contributed by atoms with van der Waals surface area (Å²) in [6, 6.07) is -0.711. The highest BCUT2D eigenvalue weighted by molar-refractivity contribution is 8.01. The van der Waals surface area contributed by atoms with Crippen LogP contribution in [-0.4, -0.2) is 51.4 Å². The van der Waals surface area contributed by atoms with Crippen molar-refractivity contribution in [2.75, 3.05) is 5.75 Å². The molecular formula is C19H31N3O5S. The molecule has 2 heterocycles. The standard InChI is InChI=1S/C19H31N3O5S/c1-2-3-4-7-12(10-15(24)25)14(23)8-5-6-9-19(17(20)26)16-13(11-28-19)21-18(27)22-16/h12-13,16H,2-11H2,1H3,(H2,20,26)(H,24,25)(H2,21,22,27)/t12?,13-,16-,19-/m0/s1. The first kappa shape index (κ1) is 22.5. The van der Waals surface area contributed by atoms with Crippen molar-refractivity contribution < 1.29 is 24.3 Å². The maximum atomic E-state index is 12.5. The molecule has 0 spiro atoms. The first-order valence-electron chi connectivity index (χ1n) is 10.1. The average molecular weight is 414 g/mol. The molecule has 2 aliphatic rings. The van der Waals surface area contributed by atoms with E-state index in [0.717, 1.165) is 19.3 Å². The van der Waals surface area contributed by atoms with Crippen molar-refractivity contribution in [1.29, 1.82) is 0 Å². The molecule has 0 aliphatic carbocycles. The van der Waals surface area contributed by atoms with E-state index in [4.69, 9.17) is 10.8 Å². The van der Waals surface area contributed by atoms with Crippen LogP contribution in [0.25, 0.3) is 0 Å². The van der Waals surface area contributed by atoms with Crippen LogP contribution in [0.4, 0.5) is 4.79 Å². The number of hydrogen-bond donors (Lipinski definition) is 4. The zero-order chi connectivity index (χ0) is 20.7. The minimum absolute atomic E-state index is 0.0144. The number of unbranched alkanes of at least 4 members (excludes halogenated alkanes) is 3. The number of aliphatic carboxylic acids is 1. The first-order valence-corrected chi connectivity index (χ1v) is 11.0. The molecule has 8 nitrogen and oxygen atoms in total. The van der Waals surface area contributed by atoms with E-state index >= 15 is 0 Å². The number of thioether (sulfide) groups is 1. The SMILES string of the molecule is CCCCCC(CC(=O)O)C(=O)CCCC[C@]1(C(N)=O)SC[C@@H]2NC(=O)N[C@@H]21. The third-order valence-electron chi connectivity index (χ3n) is 5.70. The number of fused-ring (bicyclic) bond motifs is 1. The Bertz CT molecular complexity index is 614.